The molecule has 1 aromatic carbocycles. The van der Waals surface area contributed by atoms with Gasteiger partial charge in [-0.25, -0.2) is 9.97 Å². The summed E-state index contributed by atoms with van der Waals surface area (Å²) in [6, 6.07) is 8.25. The summed E-state index contributed by atoms with van der Waals surface area (Å²) in [4.78, 5) is 29.3. The Morgan fingerprint density at radius 2 is 1.88 bits per heavy atom. The Morgan fingerprint density at radius 3 is 2.60 bits per heavy atom. The Labute approximate surface area is 229 Å². The lowest BCUT2D eigenvalue weighted by molar-refractivity contribution is 0.0557. The highest BCUT2D eigenvalue weighted by Crippen LogP contribution is 2.50. The number of ether oxygens (including phenoxy) is 1. The standard InChI is InChI=1S/C29H29N9O2/c1-40-21-6-7-23-16(11-21)8-18(12-31-23)22-13-34-38-26(30)24(15-2-3-15)25(35-28(22)38)17-9-19-4-5-20(10-17)37(19)29(39)27-32-14-33-36-27/h6-8,11-15,17,19-20H,2-5,9-10,30H2,1H3,(H,32,33,36)/t17?,19-,20+. The first-order valence-electron chi connectivity index (χ1n) is 13.9. The summed E-state index contributed by atoms with van der Waals surface area (Å²) < 4.78 is 7.21. The van der Waals surface area contributed by atoms with Crippen molar-refractivity contribution in [3.63, 3.8) is 0 Å². The molecule has 202 valence electrons. The van der Waals surface area contributed by atoms with Gasteiger partial charge >= 0.3 is 0 Å². The van der Waals surface area contributed by atoms with E-state index in [4.69, 9.17) is 15.5 Å². The van der Waals surface area contributed by atoms with E-state index in [-0.39, 0.29) is 23.9 Å². The number of hydrogen-bond donors (Lipinski definition) is 2. The van der Waals surface area contributed by atoms with Crippen LogP contribution < -0.4 is 10.5 Å². The van der Waals surface area contributed by atoms with Gasteiger partial charge < -0.3 is 15.4 Å². The molecule has 8 rings (SSSR count). The number of aromatic amines is 1. The zero-order valence-electron chi connectivity index (χ0n) is 22.1. The molecule has 11 heteroatoms. The molecule has 1 aliphatic carbocycles. The third kappa shape index (κ3) is 3.56. The van der Waals surface area contributed by atoms with Gasteiger partial charge in [0, 0.05) is 46.3 Å². The predicted molar refractivity (Wildman–Crippen MR) is 148 cm³/mol. The summed E-state index contributed by atoms with van der Waals surface area (Å²) in [5, 5.41) is 12.3. The summed E-state index contributed by atoms with van der Waals surface area (Å²) in [5.41, 5.74) is 12.5. The zero-order chi connectivity index (χ0) is 27.0. The Kier molecular flexibility index (Phi) is 5.10. The van der Waals surface area contributed by atoms with Crippen LogP contribution in [-0.2, 0) is 0 Å². The third-order valence-corrected chi connectivity index (χ3v) is 8.91. The number of amides is 1. The first kappa shape index (κ1) is 23.4. The maximum Gasteiger partial charge on any atom is 0.291 e. The van der Waals surface area contributed by atoms with Crippen LogP contribution in [0.15, 0.2) is 43.0 Å². The van der Waals surface area contributed by atoms with Crippen LogP contribution >= 0.6 is 0 Å². The van der Waals surface area contributed by atoms with E-state index in [0.717, 1.165) is 83.2 Å². The number of H-pyrrole nitrogens is 1. The maximum absolute atomic E-state index is 13.2. The average Bonchev–Trinajstić information content (AvgIpc) is 3.36. The van der Waals surface area contributed by atoms with Gasteiger partial charge in [0.25, 0.3) is 5.91 Å². The molecule has 40 heavy (non-hydrogen) atoms. The van der Waals surface area contributed by atoms with Crippen molar-refractivity contribution < 1.29 is 9.53 Å². The fourth-order valence-corrected chi connectivity index (χ4v) is 6.90. The number of nitrogen functional groups attached to an aromatic ring is 1. The summed E-state index contributed by atoms with van der Waals surface area (Å²) >= 11 is 0. The molecule has 5 aromatic rings. The van der Waals surface area contributed by atoms with Gasteiger partial charge in [-0.15, -0.1) is 0 Å². The molecule has 2 bridgehead atoms. The number of nitrogens with one attached hydrogen (secondary N) is 1. The van der Waals surface area contributed by atoms with Crippen molar-refractivity contribution >= 4 is 28.3 Å². The van der Waals surface area contributed by atoms with Gasteiger partial charge in [0.15, 0.2) is 5.65 Å². The van der Waals surface area contributed by atoms with E-state index in [1.165, 1.54) is 6.33 Å². The van der Waals surface area contributed by atoms with E-state index in [9.17, 15) is 4.79 Å². The number of piperidine rings is 1. The molecule has 11 nitrogen and oxygen atoms in total. The number of nitrogens with two attached hydrogens (primary N) is 1. The molecule has 1 unspecified atom stereocenters. The van der Waals surface area contributed by atoms with Crippen molar-refractivity contribution in [3.8, 4) is 16.9 Å². The second-order valence-corrected chi connectivity index (χ2v) is 11.2. The molecular weight excluding hydrogens is 506 g/mol. The highest BCUT2D eigenvalue weighted by atomic mass is 16.5. The Bertz CT molecular complexity index is 1760. The third-order valence-electron chi connectivity index (χ3n) is 8.91. The van der Waals surface area contributed by atoms with Gasteiger partial charge in [-0.3, -0.25) is 14.9 Å². The smallest absolute Gasteiger partial charge is 0.291 e. The molecule has 3 aliphatic rings. The molecule has 1 amide bonds. The molecular formula is C29H29N9O2. The van der Waals surface area contributed by atoms with Gasteiger partial charge in [0.05, 0.1) is 24.5 Å². The van der Waals surface area contributed by atoms with E-state index in [2.05, 4.69) is 31.3 Å². The Balaban J connectivity index is 1.20. The fraction of sp³-hybridized carbons (Fsp3) is 0.379. The molecule has 4 aromatic heterocycles. The molecule has 2 saturated heterocycles. The van der Waals surface area contributed by atoms with Crippen LogP contribution in [0.2, 0.25) is 0 Å². The molecule has 3 atom stereocenters. The molecule has 2 aliphatic heterocycles. The minimum atomic E-state index is -0.0627. The van der Waals surface area contributed by atoms with Gasteiger partial charge in [-0.2, -0.15) is 14.7 Å². The number of methoxy groups -OCH3 is 1. The molecule has 3 fully saturated rings. The normalized spacial score (nSPS) is 22.3. The average molecular weight is 536 g/mol. The second kappa shape index (κ2) is 8.73. The lowest BCUT2D eigenvalue weighted by atomic mass is 9.85. The van der Waals surface area contributed by atoms with Crippen LogP contribution in [0, 0.1) is 0 Å². The number of rotatable bonds is 5. The molecule has 0 radical (unpaired) electrons. The molecule has 1 saturated carbocycles. The fourth-order valence-electron chi connectivity index (χ4n) is 6.90. The van der Waals surface area contributed by atoms with Crippen molar-refractivity contribution in [2.75, 3.05) is 12.8 Å². The maximum atomic E-state index is 13.2. The van der Waals surface area contributed by atoms with Gasteiger partial charge in [-0.05, 0) is 68.7 Å². The van der Waals surface area contributed by atoms with Crippen LogP contribution in [0.4, 0.5) is 5.82 Å². The van der Waals surface area contributed by atoms with E-state index < -0.39 is 0 Å². The lowest BCUT2D eigenvalue weighted by Gasteiger charge is -2.39. The zero-order valence-corrected chi connectivity index (χ0v) is 22.1. The van der Waals surface area contributed by atoms with Crippen LogP contribution in [0.5, 0.6) is 5.75 Å². The number of carbonyl (C=O) groups is 1. The SMILES string of the molecule is COc1ccc2ncc(-c3cnn4c(N)c(C5CC5)c(C5C[C@H]6CC[C@@H](C5)N6C(=O)c5ncn[nH]5)nc34)cc2c1. The van der Waals surface area contributed by atoms with Crippen LogP contribution in [0.3, 0.4) is 0 Å². The summed E-state index contributed by atoms with van der Waals surface area (Å²) in [5.74, 6) is 2.35. The van der Waals surface area contributed by atoms with E-state index in [0.29, 0.717) is 17.6 Å². The summed E-state index contributed by atoms with van der Waals surface area (Å²) in [7, 11) is 1.66. The van der Waals surface area contributed by atoms with E-state index in [1.807, 2.05) is 35.5 Å². The lowest BCUT2D eigenvalue weighted by Crippen LogP contribution is -2.46. The quantitative estimate of drug-likeness (QED) is 0.343. The van der Waals surface area contributed by atoms with Crippen LogP contribution in [-0.4, -0.2) is 64.8 Å². The van der Waals surface area contributed by atoms with Crippen molar-refractivity contribution in [3.05, 3.63) is 60.1 Å². The topological polar surface area (TPSA) is 140 Å². The summed E-state index contributed by atoms with van der Waals surface area (Å²) in [6.07, 6.45) is 11.0. The molecule has 3 N–H and O–H groups in total. The first-order chi connectivity index (χ1) is 19.6. The number of pyridine rings is 1. The summed E-state index contributed by atoms with van der Waals surface area (Å²) in [6.45, 7) is 0. The van der Waals surface area contributed by atoms with E-state index in [1.54, 1.807) is 11.6 Å². The van der Waals surface area contributed by atoms with Gasteiger partial charge in [0.1, 0.15) is 17.9 Å². The van der Waals surface area contributed by atoms with Gasteiger partial charge in [-0.1, -0.05) is 0 Å². The first-order valence-corrected chi connectivity index (χ1v) is 13.9. The van der Waals surface area contributed by atoms with Crippen molar-refractivity contribution in [2.45, 2.75) is 62.4 Å². The van der Waals surface area contributed by atoms with Crippen molar-refractivity contribution in [1.29, 1.82) is 0 Å². The number of fused-ring (bicyclic) bond motifs is 4. The molecule has 6 heterocycles. The Morgan fingerprint density at radius 1 is 1.05 bits per heavy atom. The monoisotopic (exact) mass is 535 g/mol. The second-order valence-electron chi connectivity index (χ2n) is 11.2. The number of benzene rings is 1. The Hall–Kier alpha value is -4.54. The number of aromatic nitrogens is 7. The van der Waals surface area contributed by atoms with Crippen LogP contribution in [0.25, 0.3) is 27.7 Å². The number of nitrogens with zero attached hydrogens (tertiary/aromatic N) is 7. The van der Waals surface area contributed by atoms with Crippen molar-refractivity contribution in [2.24, 2.45) is 0 Å². The highest BCUT2D eigenvalue weighted by Gasteiger charge is 2.46. The van der Waals surface area contributed by atoms with Crippen LogP contribution in [0.1, 0.15) is 72.2 Å². The largest absolute Gasteiger partial charge is 0.497 e. The highest BCUT2D eigenvalue weighted by molar-refractivity contribution is 5.91. The van der Waals surface area contributed by atoms with Crippen molar-refractivity contribution in [1.82, 2.24) is 39.7 Å². The number of anilines is 1. The van der Waals surface area contributed by atoms with Gasteiger partial charge in [0.2, 0.25) is 5.82 Å². The minimum Gasteiger partial charge on any atom is -0.497 e. The molecule has 0 spiro atoms. The minimum absolute atomic E-state index is 0.0627. The predicted octanol–water partition coefficient (Wildman–Crippen LogP) is 4.08. The number of carbonyl (C=O) groups excluding carboxylic acids is 1. The number of hydrogen-bond acceptors (Lipinski definition) is 8. The van der Waals surface area contributed by atoms with E-state index >= 15 is 0 Å².